The van der Waals surface area contributed by atoms with E-state index in [0.29, 0.717) is 28.9 Å². The quantitative estimate of drug-likeness (QED) is 0.291. The Balaban J connectivity index is 1.97. The van der Waals surface area contributed by atoms with Gasteiger partial charge in [-0.3, -0.25) is 10.2 Å². The highest BCUT2D eigenvalue weighted by molar-refractivity contribution is 6.36. The molecule has 9 nitrogen and oxygen atoms in total. The van der Waals surface area contributed by atoms with Crippen molar-refractivity contribution in [2.24, 2.45) is 0 Å². The smallest absolute Gasteiger partial charge is 0.221 e. The summed E-state index contributed by atoms with van der Waals surface area (Å²) in [6.07, 6.45) is 4.97. The van der Waals surface area contributed by atoms with Crippen molar-refractivity contribution < 1.29 is 9.90 Å². The van der Waals surface area contributed by atoms with Gasteiger partial charge in [-0.25, -0.2) is 15.0 Å². The number of benzene rings is 1. The third-order valence-corrected chi connectivity index (χ3v) is 3.82. The number of aldehydes is 1. The van der Waals surface area contributed by atoms with Crippen molar-refractivity contribution >= 4 is 29.5 Å². The molecular formula is C20H17N7O2. The van der Waals surface area contributed by atoms with Crippen molar-refractivity contribution in [3.63, 3.8) is 0 Å². The van der Waals surface area contributed by atoms with Gasteiger partial charge >= 0.3 is 0 Å². The van der Waals surface area contributed by atoms with E-state index in [0.717, 1.165) is 0 Å². The molecule has 2 heterocycles. The summed E-state index contributed by atoms with van der Waals surface area (Å²) >= 11 is 0. The Morgan fingerprint density at radius 3 is 2.69 bits per heavy atom. The molecule has 5 N–H and O–H groups in total. The van der Waals surface area contributed by atoms with Gasteiger partial charge in [0.25, 0.3) is 0 Å². The first-order valence-corrected chi connectivity index (χ1v) is 8.46. The summed E-state index contributed by atoms with van der Waals surface area (Å²) in [7, 11) is 0. The average molecular weight is 387 g/mol. The second kappa shape index (κ2) is 8.24. The van der Waals surface area contributed by atoms with Crippen LogP contribution >= 0.6 is 0 Å². The number of carbonyl (C=O) groups is 1. The minimum atomic E-state index is -1.55. The molecule has 2 aromatic heterocycles. The number of nitrogen functional groups attached to an aromatic ring is 1. The molecule has 0 saturated carbocycles. The zero-order valence-corrected chi connectivity index (χ0v) is 15.4. The van der Waals surface area contributed by atoms with Gasteiger partial charge in [-0.2, -0.15) is 4.98 Å². The highest BCUT2D eigenvalue weighted by Crippen LogP contribution is 2.22. The number of nitrogens with one attached hydrogen (secondary N) is 2. The topological polar surface area (TPSA) is 151 Å². The van der Waals surface area contributed by atoms with Crippen LogP contribution in [-0.4, -0.2) is 37.0 Å². The molecule has 0 aliphatic heterocycles. The normalized spacial score (nSPS) is 12.2. The Kier molecular flexibility index (Phi) is 5.57. The second-order valence-corrected chi connectivity index (χ2v) is 6.11. The largest absolute Gasteiger partial charge is 0.371 e. The van der Waals surface area contributed by atoms with Crippen LogP contribution in [0.3, 0.4) is 0 Å². The molecule has 29 heavy (non-hydrogen) atoms. The first kappa shape index (κ1) is 19.6. The van der Waals surface area contributed by atoms with E-state index in [1.807, 2.05) is 0 Å². The van der Waals surface area contributed by atoms with Crippen LogP contribution in [-0.2, 0) is 10.4 Å². The van der Waals surface area contributed by atoms with E-state index in [2.05, 4.69) is 37.1 Å². The van der Waals surface area contributed by atoms with Gasteiger partial charge in [-0.15, -0.1) is 0 Å². The third kappa shape index (κ3) is 4.77. The maximum atomic E-state index is 11.1. The number of aromatic nitrogens is 4. The molecule has 0 amide bonds. The zero-order chi connectivity index (χ0) is 20.9. The van der Waals surface area contributed by atoms with Gasteiger partial charge in [-0.1, -0.05) is 11.8 Å². The van der Waals surface area contributed by atoms with Crippen molar-refractivity contribution in [2.75, 3.05) is 11.1 Å². The number of hydrogen-bond acceptors (Lipinski definition) is 9. The van der Waals surface area contributed by atoms with Gasteiger partial charge in [0.05, 0.1) is 5.69 Å². The molecule has 0 aliphatic carbocycles. The molecule has 0 aliphatic rings. The number of anilines is 3. The van der Waals surface area contributed by atoms with Crippen molar-refractivity contribution in [1.29, 1.82) is 5.41 Å². The van der Waals surface area contributed by atoms with E-state index in [4.69, 9.17) is 11.1 Å². The van der Waals surface area contributed by atoms with Crippen LogP contribution in [0, 0.1) is 17.3 Å². The molecule has 1 atom stereocenters. The van der Waals surface area contributed by atoms with Gasteiger partial charge < -0.3 is 16.2 Å². The Morgan fingerprint density at radius 1 is 1.24 bits per heavy atom. The minimum absolute atomic E-state index is 0.0804. The number of carbonyl (C=O) groups excluding carboxylic acids is 1. The summed E-state index contributed by atoms with van der Waals surface area (Å²) in [6, 6.07) is 8.11. The van der Waals surface area contributed by atoms with Gasteiger partial charge in [0, 0.05) is 29.7 Å². The fourth-order valence-corrected chi connectivity index (χ4v) is 2.41. The Morgan fingerprint density at radius 2 is 2.00 bits per heavy atom. The van der Waals surface area contributed by atoms with Gasteiger partial charge in [0.1, 0.15) is 11.5 Å². The van der Waals surface area contributed by atoms with Gasteiger partial charge in [0.15, 0.2) is 17.7 Å². The molecule has 1 unspecified atom stereocenters. The number of hydrogen-bond donors (Lipinski definition) is 4. The number of nitrogens with zero attached hydrogens (tertiary/aromatic N) is 4. The molecule has 1 aromatic carbocycles. The van der Waals surface area contributed by atoms with E-state index in [-0.39, 0.29) is 17.5 Å². The number of rotatable bonds is 5. The summed E-state index contributed by atoms with van der Waals surface area (Å²) in [6.45, 7) is 1.49. The second-order valence-electron chi connectivity index (χ2n) is 6.11. The van der Waals surface area contributed by atoms with Crippen molar-refractivity contribution in [2.45, 2.75) is 12.5 Å². The van der Waals surface area contributed by atoms with E-state index in [1.165, 1.54) is 25.5 Å². The first-order chi connectivity index (χ1) is 13.9. The Bertz CT molecular complexity index is 1120. The molecule has 9 heteroatoms. The van der Waals surface area contributed by atoms with Crippen LogP contribution in [0.4, 0.5) is 17.5 Å². The van der Waals surface area contributed by atoms with Crippen LogP contribution in [0.2, 0.25) is 0 Å². The fraction of sp³-hybridized carbons (Fsp3) is 0.100. The molecule has 0 saturated heterocycles. The van der Waals surface area contributed by atoms with Crippen molar-refractivity contribution in [1.82, 2.24) is 19.9 Å². The summed E-state index contributed by atoms with van der Waals surface area (Å²) in [4.78, 5) is 27.0. The maximum absolute atomic E-state index is 11.1. The Labute approximate surface area is 166 Å². The predicted octanol–water partition coefficient (Wildman–Crippen LogP) is 1.42. The van der Waals surface area contributed by atoms with Gasteiger partial charge in [0.2, 0.25) is 5.95 Å². The highest BCUT2D eigenvalue weighted by Gasteiger charge is 2.23. The molecule has 0 bridgehead atoms. The van der Waals surface area contributed by atoms with Crippen molar-refractivity contribution in [3.8, 4) is 11.8 Å². The summed E-state index contributed by atoms with van der Waals surface area (Å²) < 4.78 is 0. The van der Waals surface area contributed by atoms with E-state index < -0.39 is 5.60 Å². The van der Waals surface area contributed by atoms with Crippen LogP contribution in [0.15, 0.2) is 48.9 Å². The standard InChI is InChI=1S/C20H17N7O2/c1-20(29,18-23-8-2-9-24-18)7-5-13-3-4-14(15(21)12-28)16(11-13)26-17-6-10-25-19(22)27-17/h2-4,6,8-12,21,29H,1H3,(H3,22,25,26,27). The van der Waals surface area contributed by atoms with Crippen LogP contribution < -0.4 is 11.1 Å². The average Bonchev–Trinajstić information content (AvgIpc) is 2.72. The van der Waals surface area contributed by atoms with E-state index in [1.54, 1.807) is 30.3 Å². The predicted molar refractivity (Wildman–Crippen MR) is 108 cm³/mol. The molecule has 3 aromatic rings. The molecule has 144 valence electrons. The van der Waals surface area contributed by atoms with Crippen molar-refractivity contribution in [3.05, 3.63) is 65.9 Å². The van der Waals surface area contributed by atoms with E-state index in [9.17, 15) is 9.90 Å². The maximum Gasteiger partial charge on any atom is 0.221 e. The van der Waals surface area contributed by atoms with E-state index >= 15 is 0 Å². The molecule has 0 fully saturated rings. The van der Waals surface area contributed by atoms with Gasteiger partial charge in [-0.05, 0) is 37.3 Å². The van der Waals surface area contributed by atoms with Crippen LogP contribution in [0.5, 0.6) is 0 Å². The van der Waals surface area contributed by atoms with Crippen LogP contribution in [0.25, 0.3) is 0 Å². The summed E-state index contributed by atoms with van der Waals surface area (Å²) in [5.41, 5.74) is 5.16. The lowest BCUT2D eigenvalue weighted by Crippen LogP contribution is -2.21. The Hall–Kier alpha value is -4.16. The zero-order valence-electron chi connectivity index (χ0n) is 15.4. The first-order valence-electron chi connectivity index (χ1n) is 8.46. The van der Waals surface area contributed by atoms with Crippen LogP contribution in [0.1, 0.15) is 23.9 Å². The lowest BCUT2D eigenvalue weighted by molar-refractivity contribution is -0.102. The lowest BCUT2D eigenvalue weighted by Gasteiger charge is -2.14. The monoisotopic (exact) mass is 387 g/mol. The minimum Gasteiger partial charge on any atom is -0.371 e. The SMILES string of the molecule is CC(O)(C#Cc1ccc(C(=N)C=O)c(Nc2ccnc(N)n2)c1)c1ncccn1. The molecule has 0 radical (unpaired) electrons. The third-order valence-electron chi connectivity index (χ3n) is 3.82. The molecule has 0 spiro atoms. The number of nitrogens with two attached hydrogens (primary N) is 1. The molecular weight excluding hydrogens is 370 g/mol. The number of aliphatic hydroxyl groups is 1. The highest BCUT2D eigenvalue weighted by atomic mass is 16.3. The summed E-state index contributed by atoms with van der Waals surface area (Å²) in [5, 5.41) is 21.4. The lowest BCUT2D eigenvalue weighted by atomic mass is 10.0. The molecule has 3 rings (SSSR count). The summed E-state index contributed by atoms with van der Waals surface area (Å²) in [5.74, 6) is 6.27. The fourth-order valence-electron chi connectivity index (χ4n) is 2.41.